The molecule has 0 fully saturated rings. The van der Waals surface area contributed by atoms with Gasteiger partial charge in [0.1, 0.15) is 12.6 Å². The van der Waals surface area contributed by atoms with Crippen molar-refractivity contribution in [2.75, 3.05) is 0 Å². The fourth-order valence-corrected chi connectivity index (χ4v) is 0.455. The van der Waals surface area contributed by atoms with Crippen LogP contribution in [0.4, 0.5) is 0 Å². The monoisotopic (exact) mass is 146 g/mol. The van der Waals surface area contributed by atoms with Crippen LogP contribution in [0.2, 0.25) is 0 Å². The lowest BCUT2D eigenvalue weighted by Crippen LogP contribution is -2.02. The maximum absolute atomic E-state index is 9.68. The number of hydrogen-bond donors (Lipinski definition) is 2. The Morgan fingerprint density at radius 2 is 1.20 bits per heavy atom. The highest BCUT2D eigenvalue weighted by Gasteiger charge is 1.83. The maximum Gasteiger partial charge on any atom is 0.119 e. The van der Waals surface area contributed by atoms with Gasteiger partial charge in [0.15, 0.2) is 0 Å². The van der Waals surface area contributed by atoms with E-state index in [1.54, 1.807) is 0 Å². The van der Waals surface area contributed by atoms with Gasteiger partial charge in [-0.25, -0.2) is 0 Å². The zero-order valence-electron chi connectivity index (χ0n) is 5.95. The summed E-state index contributed by atoms with van der Waals surface area (Å²) in [6.45, 7) is 0. The third-order valence-electron chi connectivity index (χ3n) is 0.894. The number of carbonyl (C=O) groups is 2. The molecule has 0 aliphatic heterocycles. The van der Waals surface area contributed by atoms with Crippen molar-refractivity contribution >= 4 is 12.6 Å². The van der Waals surface area contributed by atoms with Crippen LogP contribution in [0.5, 0.6) is 0 Å². The van der Waals surface area contributed by atoms with Gasteiger partial charge in [0.05, 0.1) is 0 Å². The first-order chi connectivity index (χ1) is 4.91. The molecule has 0 aliphatic rings. The van der Waals surface area contributed by atoms with E-state index in [9.17, 15) is 9.59 Å². The fourth-order valence-electron chi connectivity index (χ4n) is 0.455. The predicted octanol–water partition coefficient (Wildman–Crippen LogP) is -0.237. The lowest BCUT2D eigenvalue weighted by Gasteiger charge is -1.85. The van der Waals surface area contributed by atoms with Gasteiger partial charge in [-0.1, -0.05) is 0 Å². The van der Waals surface area contributed by atoms with Crippen LogP contribution in [-0.2, 0) is 9.59 Å². The molecule has 0 aromatic rings. The molecule has 0 spiro atoms. The number of aldehydes is 2. The zero-order chi connectivity index (χ0) is 8.24. The van der Waals surface area contributed by atoms with Crippen LogP contribution in [0.3, 0.4) is 0 Å². The van der Waals surface area contributed by atoms with E-state index in [1.807, 2.05) is 0 Å². The Kier molecular flexibility index (Phi) is 18.9. The first kappa shape index (κ1) is 12.0. The van der Waals surface area contributed by atoms with E-state index in [2.05, 4.69) is 11.7 Å². The largest absolute Gasteiger partial charge is 0.303 e. The molecule has 4 nitrogen and oxygen atoms in total. The van der Waals surface area contributed by atoms with Gasteiger partial charge >= 0.3 is 0 Å². The number of hydrogen-bond acceptors (Lipinski definition) is 4. The lowest BCUT2D eigenvalue weighted by molar-refractivity contribution is -0.109. The van der Waals surface area contributed by atoms with Gasteiger partial charge in [0, 0.05) is 12.8 Å². The molecular formula is C6H14N2O2. The molecule has 0 aliphatic carbocycles. The van der Waals surface area contributed by atoms with Crippen LogP contribution in [-0.4, -0.2) is 12.6 Å². The zero-order valence-corrected chi connectivity index (χ0v) is 5.95. The molecule has 4 N–H and O–H groups in total. The van der Waals surface area contributed by atoms with Gasteiger partial charge < -0.3 is 9.59 Å². The van der Waals surface area contributed by atoms with E-state index in [-0.39, 0.29) is 0 Å². The van der Waals surface area contributed by atoms with E-state index in [0.29, 0.717) is 12.8 Å². The molecule has 0 saturated heterocycles. The van der Waals surface area contributed by atoms with Crippen molar-refractivity contribution < 1.29 is 9.59 Å². The van der Waals surface area contributed by atoms with Crippen LogP contribution < -0.4 is 11.7 Å². The summed E-state index contributed by atoms with van der Waals surface area (Å²) in [5, 5.41) is 0. The third-order valence-corrected chi connectivity index (χ3v) is 0.894. The molecule has 0 unspecified atom stereocenters. The van der Waals surface area contributed by atoms with Crippen molar-refractivity contribution in [1.82, 2.24) is 0 Å². The lowest BCUT2D eigenvalue weighted by atomic mass is 10.2. The Balaban J connectivity index is 0. The van der Waals surface area contributed by atoms with Crippen LogP contribution in [0, 0.1) is 0 Å². The van der Waals surface area contributed by atoms with Crippen molar-refractivity contribution in [3.05, 3.63) is 0 Å². The molecule has 0 saturated carbocycles. The van der Waals surface area contributed by atoms with E-state index in [4.69, 9.17) is 0 Å². The number of nitrogens with two attached hydrogens (primary N) is 2. The molecule has 60 valence electrons. The van der Waals surface area contributed by atoms with Gasteiger partial charge in [0.2, 0.25) is 0 Å². The quantitative estimate of drug-likeness (QED) is 0.242. The number of carbonyl (C=O) groups excluding carboxylic acids is 2. The van der Waals surface area contributed by atoms with Crippen molar-refractivity contribution in [2.24, 2.45) is 11.7 Å². The summed E-state index contributed by atoms with van der Waals surface area (Å²) in [6.07, 6.45) is 4.64. The minimum absolute atomic E-state index is 0.591. The Morgan fingerprint density at radius 1 is 0.900 bits per heavy atom. The molecule has 0 radical (unpaired) electrons. The highest BCUT2D eigenvalue weighted by Crippen LogP contribution is 1.93. The number of rotatable bonds is 5. The van der Waals surface area contributed by atoms with Gasteiger partial charge in [0.25, 0.3) is 0 Å². The van der Waals surface area contributed by atoms with Gasteiger partial charge in [-0.05, 0) is 12.8 Å². The SMILES string of the molecule is NN.O=CCCCCC=O. The maximum atomic E-state index is 9.68. The van der Waals surface area contributed by atoms with Gasteiger partial charge in [-0.3, -0.25) is 11.7 Å². The van der Waals surface area contributed by atoms with E-state index in [0.717, 1.165) is 25.4 Å². The summed E-state index contributed by atoms with van der Waals surface area (Å²) >= 11 is 0. The highest BCUT2D eigenvalue weighted by molar-refractivity contribution is 5.50. The Morgan fingerprint density at radius 3 is 1.40 bits per heavy atom. The van der Waals surface area contributed by atoms with Crippen molar-refractivity contribution in [1.29, 1.82) is 0 Å². The summed E-state index contributed by atoms with van der Waals surface area (Å²) in [7, 11) is 0. The minimum Gasteiger partial charge on any atom is -0.303 e. The molecule has 0 atom stereocenters. The van der Waals surface area contributed by atoms with Crippen LogP contribution in [0.15, 0.2) is 0 Å². The molecule has 0 aromatic heterocycles. The summed E-state index contributed by atoms with van der Waals surface area (Å²) in [5.41, 5.74) is 0. The van der Waals surface area contributed by atoms with Crippen LogP contribution >= 0.6 is 0 Å². The number of hydrazine groups is 1. The van der Waals surface area contributed by atoms with E-state index >= 15 is 0 Å². The normalized spacial score (nSPS) is 7.40. The summed E-state index contributed by atoms with van der Waals surface area (Å²) in [5.74, 6) is 8.00. The third kappa shape index (κ3) is 15.7. The molecule has 0 amide bonds. The first-order valence-electron chi connectivity index (χ1n) is 3.12. The summed E-state index contributed by atoms with van der Waals surface area (Å²) in [6, 6.07) is 0. The Labute approximate surface area is 60.5 Å². The Hall–Kier alpha value is -0.740. The van der Waals surface area contributed by atoms with Crippen molar-refractivity contribution in [3.8, 4) is 0 Å². The molecule has 0 heterocycles. The minimum atomic E-state index is 0.591. The van der Waals surface area contributed by atoms with E-state index in [1.165, 1.54) is 0 Å². The molecular weight excluding hydrogens is 132 g/mol. The number of unbranched alkanes of at least 4 members (excludes halogenated alkanes) is 3. The smallest absolute Gasteiger partial charge is 0.119 e. The highest BCUT2D eigenvalue weighted by atomic mass is 16.1. The molecule has 10 heavy (non-hydrogen) atoms. The van der Waals surface area contributed by atoms with Crippen LogP contribution in [0.1, 0.15) is 25.7 Å². The van der Waals surface area contributed by atoms with Crippen molar-refractivity contribution in [3.63, 3.8) is 0 Å². The molecule has 0 aromatic carbocycles. The molecule has 4 heteroatoms. The van der Waals surface area contributed by atoms with Gasteiger partial charge in [-0.15, -0.1) is 0 Å². The standard InChI is InChI=1S/C6H10O2.H4N2/c7-5-3-1-2-4-6-8;1-2/h5-6H,1-4H2;1-2H2. The second-order valence-electron chi connectivity index (χ2n) is 1.62. The summed E-state index contributed by atoms with van der Waals surface area (Å²) in [4.78, 5) is 19.4. The average molecular weight is 146 g/mol. The molecule has 0 bridgehead atoms. The fraction of sp³-hybridized carbons (Fsp3) is 0.667. The average Bonchev–Trinajstić information content (AvgIpc) is 2.02. The second kappa shape index (κ2) is 15.7. The van der Waals surface area contributed by atoms with Gasteiger partial charge in [-0.2, -0.15) is 0 Å². The summed E-state index contributed by atoms with van der Waals surface area (Å²) < 4.78 is 0. The van der Waals surface area contributed by atoms with Crippen molar-refractivity contribution in [2.45, 2.75) is 25.7 Å². The van der Waals surface area contributed by atoms with Crippen LogP contribution in [0.25, 0.3) is 0 Å². The predicted molar refractivity (Wildman–Crippen MR) is 39.0 cm³/mol. The topological polar surface area (TPSA) is 86.2 Å². The molecule has 0 rings (SSSR count). The van der Waals surface area contributed by atoms with E-state index < -0.39 is 0 Å². The second-order valence-corrected chi connectivity index (χ2v) is 1.62. The first-order valence-corrected chi connectivity index (χ1v) is 3.12. The Bertz CT molecular complexity index is 66.1.